The van der Waals surface area contributed by atoms with E-state index < -0.39 is 43.7 Å². The summed E-state index contributed by atoms with van der Waals surface area (Å²) in [5, 5.41) is 12.6. The normalized spacial score (nSPS) is 20.5. The molecule has 1 fully saturated rings. The monoisotopic (exact) mass is 425 g/mol. The smallest absolute Gasteiger partial charge is 0.333 e. The van der Waals surface area contributed by atoms with E-state index in [-0.39, 0.29) is 12.3 Å². The zero-order valence-electron chi connectivity index (χ0n) is 15.2. The SMILES string of the molecule is C=C(C)C(C(=O)OCc1ccc([N+](=O)[O-])cc1)N1C(=O)C(NC=O)C1S(C)=S. The second kappa shape index (κ2) is 9.02. The Morgan fingerprint density at radius 1 is 1.50 bits per heavy atom. The summed E-state index contributed by atoms with van der Waals surface area (Å²) < 4.78 is 5.30. The highest BCUT2D eigenvalue weighted by Crippen LogP contribution is 2.29. The molecule has 4 unspecified atom stereocenters. The molecule has 28 heavy (non-hydrogen) atoms. The van der Waals surface area contributed by atoms with E-state index in [0.717, 1.165) is 0 Å². The fraction of sp³-hybridized carbons (Fsp3) is 0.353. The minimum Gasteiger partial charge on any atom is -0.459 e. The molecule has 1 aliphatic heterocycles. The summed E-state index contributed by atoms with van der Waals surface area (Å²) >= 11 is 5.28. The molecule has 150 valence electrons. The van der Waals surface area contributed by atoms with E-state index in [0.29, 0.717) is 17.5 Å². The largest absolute Gasteiger partial charge is 0.459 e. The fourth-order valence-corrected chi connectivity index (χ4v) is 4.57. The van der Waals surface area contributed by atoms with E-state index in [4.69, 9.17) is 15.9 Å². The maximum atomic E-state index is 12.6. The van der Waals surface area contributed by atoms with E-state index >= 15 is 0 Å². The van der Waals surface area contributed by atoms with Gasteiger partial charge in [0.2, 0.25) is 12.3 Å². The van der Waals surface area contributed by atoms with Gasteiger partial charge in [0, 0.05) is 12.1 Å². The molecule has 1 N–H and O–H groups in total. The van der Waals surface area contributed by atoms with Crippen LogP contribution in [0.15, 0.2) is 36.4 Å². The number of carbonyl (C=O) groups is 3. The maximum absolute atomic E-state index is 12.6. The van der Waals surface area contributed by atoms with Crippen molar-refractivity contribution in [2.75, 3.05) is 6.26 Å². The van der Waals surface area contributed by atoms with E-state index in [1.807, 2.05) is 0 Å². The Morgan fingerprint density at radius 3 is 2.57 bits per heavy atom. The summed E-state index contributed by atoms with van der Waals surface area (Å²) in [4.78, 5) is 47.3. The number of nitro benzene ring substituents is 1. The van der Waals surface area contributed by atoms with E-state index in [1.165, 1.54) is 29.2 Å². The lowest BCUT2D eigenvalue weighted by Crippen LogP contribution is -2.74. The first-order valence-electron chi connectivity index (χ1n) is 8.08. The maximum Gasteiger partial charge on any atom is 0.333 e. The van der Waals surface area contributed by atoms with Crippen LogP contribution in [0.25, 0.3) is 0 Å². The molecular weight excluding hydrogens is 406 g/mol. The number of esters is 1. The predicted octanol–water partition coefficient (Wildman–Crippen LogP) is 0.576. The zero-order valence-corrected chi connectivity index (χ0v) is 16.8. The Labute approximate surface area is 168 Å². The Hall–Kier alpha value is -2.66. The lowest BCUT2D eigenvalue weighted by atomic mass is 9.99. The number of amides is 2. The Morgan fingerprint density at radius 2 is 2.11 bits per heavy atom. The number of nitrogens with zero attached hydrogens (tertiary/aromatic N) is 2. The van der Waals surface area contributed by atoms with Crippen LogP contribution in [0.4, 0.5) is 5.69 Å². The summed E-state index contributed by atoms with van der Waals surface area (Å²) in [7, 11) is -0.702. The van der Waals surface area contributed by atoms with Gasteiger partial charge in [0.05, 0.1) is 4.92 Å². The molecule has 4 atom stereocenters. The first-order chi connectivity index (χ1) is 13.2. The first kappa shape index (κ1) is 21.6. The second-order valence-corrected chi connectivity index (χ2v) is 9.23. The van der Waals surface area contributed by atoms with Crippen LogP contribution in [0.3, 0.4) is 0 Å². The van der Waals surface area contributed by atoms with Gasteiger partial charge in [0.25, 0.3) is 5.69 Å². The minimum absolute atomic E-state index is 0.0712. The highest BCUT2D eigenvalue weighted by Gasteiger charge is 2.53. The first-order valence-corrected chi connectivity index (χ1v) is 10.7. The quantitative estimate of drug-likeness (QED) is 0.153. The Kier molecular flexibility index (Phi) is 6.97. The zero-order chi connectivity index (χ0) is 21.0. The van der Waals surface area contributed by atoms with Crippen LogP contribution >= 0.6 is 0 Å². The fourth-order valence-electron chi connectivity index (χ4n) is 2.84. The molecule has 1 heterocycles. The molecule has 1 aromatic carbocycles. The minimum atomic E-state index is -1.03. The van der Waals surface area contributed by atoms with Crippen molar-refractivity contribution in [3.05, 3.63) is 52.1 Å². The summed E-state index contributed by atoms with van der Waals surface area (Å²) in [5.74, 6) is -1.12. The third-order valence-electron chi connectivity index (χ3n) is 4.16. The third-order valence-corrected chi connectivity index (χ3v) is 5.93. The summed E-state index contributed by atoms with van der Waals surface area (Å²) in [6, 6.07) is 3.78. The van der Waals surface area contributed by atoms with Gasteiger partial charge in [0.15, 0.2) is 6.04 Å². The average Bonchev–Trinajstić information content (AvgIpc) is 2.64. The molecule has 1 aromatic rings. The van der Waals surface area contributed by atoms with Gasteiger partial charge >= 0.3 is 5.97 Å². The van der Waals surface area contributed by atoms with Gasteiger partial charge in [-0.15, -0.1) is 0 Å². The van der Waals surface area contributed by atoms with Crippen LogP contribution in [0.5, 0.6) is 0 Å². The van der Waals surface area contributed by atoms with Crippen molar-refractivity contribution < 1.29 is 24.0 Å². The van der Waals surface area contributed by atoms with Gasteiger partial charge in [-0.2, -0.15) is 0 Å². The molecular formula is C17H19N3O6S2. The number of benzene rings is 1. The number of ether oxygens (including phenoxy) is 1. The van der Waals surface area contributed by atoms with E-state index in [2.05, 4.69) is 11.9 Å². The van der Waals surface area contributed by atoms with Crippen LogP contribution in [0.1, 0.15) is 12.5 Å². The molecule has 1 saturated heterocycles. The molecule has 0 saturated carbocycles. The number of carbonyl (C=O) groups excluding carboxylic acids is 3. The van der Waals surface area contributed by atoms with Crippen molar-refractivity contribution in [2.24, 2.45) is 0 Å². The summed E-state index contributed by atoms with van der Waals surface area (Å²) in [5.41, 5.74) is 0.889. The molecule has 11 heteroatoms. The van der Waals surface area contributed by atoms with Crippen molar-refractivity contribution >= 4 is 44.6 Å². The summed E-state index contributed by atoms with van der Waals surface area (Å²) in [6.45, 7) is 5.26. The highest BCUT2D eigenvalue weighted by atomic mass is 32.8. The standard InChI is InChI=1S/C17H19N3O6S2/c1-10(2)14(19-15(22)13(18-9-21)16(19)28(3)27)17(23)26-8-11-4-6-12(7-5-11)20(24)25/h4-7,9,13-14,16H,1,8H2,2-3H3,(H,18,21). The van der Waals surface area contributed by atoms with Crippen molar-refractivity contribution in [1.29, 1.82) is 0 Å². The van der Waals surface area contributed by atoms with Crippen molar-refractivity contribution in [3.8, 4) is 0 Å². The lowest BCUT2D eigenvalue weighted by molar-refractivity contribution is -0.384. The second-order valence-electron chi connectivity index (χ2n) is 6.18. The van der Waals surface area contributed by atoms with Gasteiger partial charge in [-0.3, -0.25) is 19.7 Å². The van der Waals surface area contributed by atoms with Gasteiger partial charge in [-0.05, 0) is 47.6 Å². The number of likely N-dealkylation sites (tertiary alicyclic amines) is 1. The topological polar surface area (TPSA) is 119 Å². The number of hydrogen-bond acceptors (Lipinski definition) is 7. The van der Waals surface area contributed by atoms with Crippen molar-refractivity contribution in [3.63, 3.8) is 0 Å². The van der Waals surface area contributed by atoms with Gasteiger partial charge in [0.1, 0.15) is 18.0 Å². The highest BCUT2D eigenvalue weighted by molar-refractivity contribution is 8.28. The van der Waals surface area contributed by atoms with Crippen LogP contribution in [0.2, 0.25) is 0 Å². The molecule has 0 aliphatic carbocycles. The Bertz CT molecular complexity index is 842. The molecule has 1 aliphatic rings. The van der Waals surface area contributed by atoms with Gasteiger partial charge in [-0.1, -0.05) is 16.0 Å². The van der Waals surface area contributed by atoms with Crippen molar-refractivity contribution in [1.82, 2.24) is 10.2 Å². The van der Waals surface area contributed by atoms with Crippen molar-refractivity contribution in [2.45, 2.75) is 31.0 Å². The van der Waals surface area contributed by atoms with Gasteiger partial charge < -0.3 is 15.0 Å². The van der Waals surface area contributed by atoms with Crippen LogP contribution in [-0.2, 0) is 46.4 Å². The van der Waals surface area contributed by atoms with Crippen LogP contribution in [0, 0.1) is 10.1 Å². The van der Waals surface area contributed by atoms with Crippen LogP contribution in [-0.4, -0.2) is 51.8 Å². The molecule has 2 amide bonds. The number of nitrogens with one attached hydrogen (secondary N) is 1. The number of β-lactam (4-membered cyclic amide) rings is 1. The number of non-ortho nitro benzene ring substituents is 1. The molecule has 0 bridgehead atoms. The molecule has 2 rings (SSSR count). The number of hydrogen-bond donors (Lipinski definition) is 1. The molecule has 0 aromatic heterocycles. The lowest BCUT2D eigenvalue weighted by Gasteiger charge is -2.49. The van der Waals surface area contributed by atoms with E-state index in [1.54, 1.807) is 13.2 Å². The molecule has 0 spiro atoms. The van der Waals surface area contributed by atoms with Crippen LogP contribution < -0.4 is 5.32 Å². The third kappa shape index (κ3) is 4.42. The molecule has 9 nitrogen and oxygen atoms in total. The summed E-state index contributed by atoms with van der Waals surface area (Å²) in [6.07, 6.45) is 2.16. The predicted molar refractivity (Wildman–Crippen MR) is 106 cm³/mol. The number of nitro groups is 1. The molecule has 0 radical (unpaired) electrons. The number of rotatable bonds is 9. The Balaban J connectivity index is 2.12. The van der Waals surface area contributed by atoms with Gasteiger partial charge in [-0.25, -0.2) is 4.79 Å². The van der Waals surface area contributed by atoms with E-state index in [9.17, 15) is 24.5 Å². The average molecular weight is 425 g/mol.